The van der Waals surface area contributed by atoms with Crippen LogP contribution in [0.5, 0.6) is 17.2 Å². The Hall–Kier alpha value is -3.39. The maximum Gasteiger partial charge on any atom is 0.291 e. The molecule has 0 bridgehead atoms. The van der Waals surface area contributed by atoms with Crippen LogP contribution in [0, 0.1) is 0 Å². The summed E-state index contributed by atoms with van der Waals surface area (Å²) >= 11 is 1.29. The fourth-order valence-electron chi connectivity index (χ4n) is 2.96. The van der Waals surface area contributed by atoms with E-state index in [-0.39, 0.29) is 5.56 Å². The number of methoxy groups -OCH3 is 2. The average Bonchev–Trinajstić information content (AvgIpc) is 3.28. The van der Waals surface area contributed by atoms with Crippen molar-refractivity contribution in [2.75, 3.05) is 20.8 Å². The van der Waals surface area contributed by atoms with Crippen molar-refractivity contribution in [1.29, 1.82) is 0 Å². The molecule has 0 aliphatic carbocycles. The van der Waals surface area contributed by atoms with Gasteiger partial charge in [-0.1, -0.05) is 29.5 Å². The van der Waals surface area contributed by atoms with Crippen molar-refractivity contribution in [2.45, 2.75) is 6.92 Å². The number of fused-ring (bicyclic) bond motifs is 1. The summed E-state index contributed by atoms with van der Waals surface area (Å²) in [5.41, 5.74) is 1.37. The van der Waals surface area contributed by atoms with E-state index in [0.717, 1.165) is 16.9 Å². The second kappa shape index (κ2) is 7.92. The Bertz CT molecular complexity index is 1280. The van der Waals surface area contributed by atoms with Crippen molar-refractivity contribution in [3.63, 3.8) is 0 Å². The predicted molar refractivity (Wildman–Crippen MR) is 112 cm³/mol. The van der Waals surface area contributed by atoms with E-state index in [2.05, 4.69) is 10.1 Å². The highest BCUT2D eigenvalue weighted by molar-refractivity contribution is 7.15. The lowest BCUT2D eigenvalue weighted by Gasteiger charge is -2.07. The quantitative estimate of drug-likeness (QED) is 0.488. The Balaban J connectivity index is 1.77. The molecule has 7 nitrogen and oxygen atoms in total. The lowest BCUT2D eigenvalue weighted by molar-refractivity contribution is 0.339. The molecule has 0 radical (unpaired) electrons. The minimum Gasteiger partial charge on any atom is -0.493 e. The molecule has 0 N–H and O–H groups in total. The second-order valence-corrected chi connectivity index (χ2v) is 7.10. The van der Waals surface area contributed by atoms with Gasteiger partial charge in [-0.25, -0.2) is 0 Å². The molecule has 0 saturated carbocycles. The van der Waals surface area contributed by atoms with E-state index in [4.69, 9.17) is 14.2 Å². The topological polar surface area (TPSA) is 74.9 Å². The Morgan fingerprint density at radius 2 is 1.86 bits per heavy atom. The first kappa shape index (κ1) is 18.9. The normalized spacial score (nSPS) is 11.8. The van der Waals surface area contributed by atoms with Crippen LogP contribution in [-0.2, 0) is 0 Å². The Morgan fingerprint density at radius 1 is 1.07 bits per heavy atom. The molecule has 0 saturated heterocycles. The van der Waals surface area contributed by atoms with Crippen LogP contribution < -0.4 is 24.3 Å². The first-order chi connectivity index (χ1) is 14.1. The maximum absolute atomic E-state index is 12.8. The van der Waals surface area contributed by atoms with Crippen molar-refractivity contribution >= 4 is 22.4 Å². The van der Waals surface area contributed by atoms with Crippen molar-refractivity contribution in [3.8, 4) is 28.6 Å². The van der Waals surface area contributed by atoms with Gasteiger partial charge in [0.1, 0.15) is 5.75 Å². The molecule has 2 heterocycles. The molecular formula is C21H19N3O4S. The summed E-state index contributed by atoms with van der Waals surface area (Å²) in [6.07, 6.45) is 1.81. The highest BCUT2D eigenvalue weighted by atomic mass is 32.1. The number of rotatable bonds is 6. The molecule has 2 aromatic carbocycles. The molecule has 0 unspecified atom stereocenters. The van der Waals surface area contributed by atoms with Crippen molar-refractivity contribution < 1.29 is 14.2 Å². The van der Waals surface area contributed by atoms with Gasteiger partial charge in [0, 0.05) is 11.1 Å². The molecule has 8 heteroatoms. The lowest BCUT2D eigenvalue weighted by Crippen LogP contribution is -2.23. The van der Waals surface area contributed by atoms with Crippen LogP contribution in [0.25, 0.3) is 22.4 Å². The third-order valence-electron chi connectivity index (χ3n) is 4.33. The summed E-state index contributed by atoms with van der Waals surface area (Å²) in [5, 5.41) is 4.39. The van der Waals surface area contributed by atoms with Crippen molar-refractivity contribution in [2.24, 2.45) is 0 Å². The van der Waals surface area contributed by atoms with E-state index < -0.39 is 0 Å². The van der Waals surface area contributed by atoms with Gasteiger partial charge in [0.2, 0.25) is 4.96 Å². The Labute approximate surface area is 170 Å². The zero-order chi connectivity index (χ0) is 20.4. The highest BCUT2D eigenvalue weighted by Crippen LogP contribution is 2.31. The van der Waals surface area contributed by atoms with Gasteiger partial charge in [0.25, 0.3) is 5.56 Å². The first-order valence-electron chi connectivity index (χ1n) is 9.00. The molecule has 4 aromatic rings. The van der Waals surface area contributed by atoms with Gasteiger partial charge in [0.05, 0.1) is 25.4 Å². The summed E-state index contributed by atoms with van der Waals surface area (Å²) in [7, 11) is 3.15. The van der Waals surface area contributed by atoms with Gasteiger partial charge in [0.15, 0.2) is 17.3 Å². The lowest BCUT2D eigenvalue weighted by atomic mass is 10.2. The van der Waals surface area contributed by atoms with Crippen LogP contribution in [0.3, 0.4) is 0 Å². The predicted octanol–water partition coefficient (Wildman–Crippen LogP) is 2.78. The van der Waals surface area contributed by atoms with E-state index in [9.17, 15) is 4.79 Å². The summed E-state index contributed by atoms with van der Waals surface area (Å²) in [5.74, 6) is 2.38. The zero-order valence-corrected chi connectivity index (χ0v) is 17.0. The minimum absolute atomic E-state index is 0.212. The van der Waals surface area contributed by atoms with Gasteiger partial charge in [-0.15, -0.1) is 5.10 Å². The van der Waals surface area contributed by atoms with Crippen LogP contribution in [0.15, 0.2) is 47.3 Å². The van der Waals surface area contributed by atoms with Crippen LogP contribution >= 0.6 is 11.3 Å². The number of hydrogen-bond acceptors (Lipinski definition) is 7. The molecule has 0 amide bonds. The number of thiazole rings is 1. The van der Waals surface area contributed by atoms with Crippen molar-refractivity contribution in [3.05, 3.63) is 62.9 Å². The van der Waals surface area contributed by atoms with Gasteiger partial charge < -0.3 is 14.2 Å². The van der Waals surface area contributed by atoms with Crippen LogP contribution in [0.4, 0.5) is 0 Å². The molecule has 4 rings (SSSR count). The van der Waals surface area contributed by atoms with E-state index >= 15 is 0 Å². The highest BCUT2D eigenvalue weighted by Gasteiger charge is 2.14. The first-order valence-corrected chi connectivity index (χ1v) is 9.81. The SMILES string of the molecule is CCOc1ccccc1/C=c1/sc2nc(-c3ccc(OC)c(OC)c3)nn2c1=O. The van der Waals surface area contributed by atoms with E-state index in [1.54, 1.807) is 26.4 Å². The monoisotopic (exact) mass is 409 g/mol. The molecule has 29 heavy (non-hydrogen) atoms. The molecule has 0 fully saturated rings. The summed E-state index contributed by atoms with van der Waals surface area (Å²) in [6.45, 7) is 2.48. The van der Waals surface area contributed by atoms with Gasteiger partial charge in [-0.2, -0.15) is 9.50 Å². The minimum atomic E-state index is -0.212. The fraction of sp³-hybridized carbons (Fsp3) is 0.190. The maximum atomic E-state index is 12.8. The molecule has 0 spiro atoms. The van der Waals surface area contributed by atoms with Crippen LogP contribution in [0.1, 0.15) is 12.5 Å². The number of aromatic nitrogens is 3. The molecular weight excluding hydrogens is 390 g/mol. The third kappa shape index (κ3) is 3.54. The number of para-hydroxylation sites is 1. The van der Waals surface area contributed by atoms with E-state index in [1.807, 2.05) is 43.3 Å². The number of hydrogen-bond donors (Lipinski definition) is 0. The van der Waals surface area contributed by atoms with Gasteiger partial charge >= 0.3 is 0 Å². The zero-order valence-electron chi connectivity index (χ0n) is 16.2. The summed E-state index contributed by atoms with van der Waals surface area (Å²) in [6, 6.07) is 13.0. The number of ether oxygens (including phenoxy) is 3. The fourth-order valence-corrected chi connectivity index (χ4v) is 3.86. The number of benzene rings is 2. The van der Waals surface area contributed by atoms with E-state index in [0.29, 0.717) is 33.4 Å². The molecule has 0 aliphatic rings. The average molecular weight is 409 g/mol. The Morgan fingerprint density at radius 3 is 2.59 bits per heavy atom. The van der Waals surface area contributed by atoms with Gasteiger partial charge in [-0.05, 0) is 37.3 Å². The third-order valence-corrected chi connectivity index (χ3v) is 5.29. The molecule has 0 aliphatic heterocycles. The largest absolute Gasteiger partial charge is 0.493 e. The van der Waals surface area contributed by atoms with Crippen LogP contribution in [-0.4, -0.2) is 35.4 Å². The smallest absolute Gasteiger partial charge is 0.291 e. The van der Waals surface area contributed by atoms with Crippen LogP contribution in [0.2, 0.25) is 0 Å². The van der Waals surface area contributed by atoms with E-state index in [1.165, 1.54) is 15.9 Å². The Kier molecular flexibility index (Phi) is 5.18. The second-order valence-electron chi connectivity index (χ2n) is 6.09. The standard InChI is InChI=1S/C21H19N3O4S/c1-4-28-15-8-6-5-7-13(15)12-18-20(25)24-21(29-18)22-19(23-24)14-9-10-16(26-2)17(11-14)27-3/h5-12H,4H2,1-3H3/b18-12+. The van der Waals surface area contributed by atoms with Gasteiger partial charge in [-0.3, -0.25) is 4.79 Å². The summed E-state index contributed by atoms with van der Waals surface area (Å²) < 4.78 is 18.1. The molecule has 0 atom stereocenters. The number of nitrogens with zero attached hydrogens (tertiary/aromatic N) is 3. The molecule has 148 valence electrons. The molecule has 2 aromatic heterocycles. The van der Waals surface area contributed by atoms with Crippen molar-refractivity contribution in [1.82, 2.24) is 14.6 Å². The summed E-state index contributed by atoms with van der Waals surface area (Å²) in [4.78, 5) is 17.9.